The van der Waals surface area contributed by atoms with E-state index in [0.717, 1.165) is 55.2 Å². The number of piperazine rings is 1. The Kier molecular flexibility index (Phi) is 5.34. The fraction of sp³-hybridized carbons (Fsp3) is 0.296. The largest absolute Gasteiger partial charge is 0.497 e. The number of rotatable bonds is 5. The summed E-state index contributed by atoms with van der Waals surface area (Å²) in [5, 5.41) is 0. The minimum atomic E-state index is -0.630. The Morgan fingerprint density at radius 1 is 0.871 bits per heavy atom. The van der Waals surface area contributed by atoms with Gasteiger partial charge in [-0.2, -0.15) is 0 Å². The first-order chi connectivity index (χ1) is 15.2. The summed E-state index contributed by atoms with van der Waals surface area (Å²) in [6.45, 7) is 4.61. The number of ketones is 1. The molecule has 31 heavy (non-hydrogen) atoms. The number of fused-ring (bicyclic) bond motifs is 1. The summed E-state index contributed by atoms with van der Waals surface area (Å²) in [4.78, 5) is 18.8. The van der Waals surface area contributed by atoms with E-state index in [1.54, 1.807) is 7.11 Å². The van der Waals surface area contributed by atoms with E-state index >= 15 is 0 Å². The highest BCUT2D eigenvalue weighted by molar-refractivity contribution is 6.08. The monoisotopic (exact) mass is 412 g/mol. The van der Waals surface area contributed by atoms with Crippen LogP contribution >= 0.6 is 0 Å². The third-order valence-electron chi connectivity index (χ3n) is 6.80. The van der Waals surface area contributed by atoms with Gasteiger partial charge >= 0.3 is 0 Å². The van der Waals surface area contributed by atoms with Gasteiger partial charge in [-0.05, 0) is 28.8 Å². The topological polar surface area (TPSA) is 32.8 Å². The number of carbonyl (C=O) groups is 1. The van der Waals surface area contributed by atoms with E-state index in [-0.39, 0.29) is 5.78 Å². The van der Waals surface area contributed by atoms with Crippen LogP contribution in [-0.4, -0.2) is 48.9 Å². The predicted molar refractivity (Wildman–Crippen MR) is 122 cm³/mol. The number of nitrogens with zero attached hydrogens (tertiary/aromatic N) is 2. The molecule has 1 unspecified atom stereocenters. The molecule has 2 aliphatic rings. The highest BCUT2D eigenvalue weighted by Gasteiger charge is 2.51. The van der Waals surface area contributed by atoms with E-state index in [9.17, 15) is 4.79 Å². The van der Waals surface area contributed by atoms with Gasteiger partial charge in [0.15, 0.2) is 5.78 Å². The number of carbonyl (C=O) groups excluding carboxylic acids is 1. The lowest BCUT2D eigenvalue weighted by atomic mass is 9.83. The number of ether oxygens (including phenoxy) is 1. The lowest BCUT2D eigenvalue weighted by molar-refractivity contribution is 0.0288. The number of benzene rings is 3. The zero-order valence-electron chi connectivity index (χ0n) is 18.0. The van der Waals surface area contributed by atoms with Gasteiger partial charge in [-0.3, -0.25) is 14.6 Å². The Balaban J connectivity index is 1.43. The second-order valence-corrected chi connectivity index (χ2v) is 8.50. The standard InChI is InChI=1S/C27H28N2O2/c1-31-24-13-12-22-19-27(26(30)25(22)18-24,23-10-6-3-7-11-23)29-16-14-28(15-17-29)20-21-8-4-2-5-9-21/h2-13,18H,14-17,19-20H2,1H3. The zero-order valence-corrected chi connectivity index (χ0v) is 18.0. The summed E-state index contributed by atoms with van der Waals surface area (Å²) in [5.41, 5.74) is 3.71. The normalized spacial score (nSPS) is 21.8. The van der Waals surface area contributed by atoms with Crippen LogP contribution in [0.15, 0.2) is 78.9 Å². The molecule has 0 N–H and O–H groups in total. The summed E-state index contributed by atoms with van der Waals surface area (Å²) >= 11 is 0. The Bertz CT molecular complexity index is 1060. The Labute approximate surface area is 184 Å². The summed E-state index contributed by atoms with van der Waals surface area (Å²) in [5.74, 6) is 0.938. The summed E-state index contributed by atoms with van der Waals surface area (Å²) < 4.78 is 5.41. The molecule has 0 amide bonds. The van der Waals surface area contributed by atoms with Gasteiger partial charge in [-0.25, -0.2) is 0 Å². The van der Waals surface area contributed by atoms with Crippen molar-refractivity contribution in [1.29, 1.82) is 0 Å². The van der Waals surface area contributed by atoms with Crippen LogP contribution in [0.2, 0.25) is 0 Å². The fourth-order valence-electron chi connectivity index (χ4n) is 5.14. The Hall–Kier alpha value is -2.95. The molecule has 158 valence electrons. The van der Waals surface area contributed by atoms with E-state index in [1.807, 2.05) is 30.3 Å². The second-order valence-electron chi connectivity index (χ2n) is 8.50. The van der Waals surface area contributed by atoms with Gasteiger partial charge in [0.2, 0.25) is 0 Å². The number of hydrogen-bond donors (Lipinski definition) is 0. The fourth-order valence-corrected chi connectivity index (χ4v) is 5.14. The molecular formula is C27H28N2O2. The zero-order chi connectivity index (χ0) is 21.3. The van der Waals surface area contributed by atoms with Crippen molar-refractivity contribution >= 4 is 5.78 Å². The average molecular weight is 413 g/mol. The lowest BCUT2D eigenvalue weighted by Gasteiger charge is -2.45. The second kappa shape index (κ2) is 8.29. The van der Waals surface area contributed by atoms with E-state index in [2.05, 4.69) is 58.3 Å². The van der Waals surface area contributed by atoms with Crippen LogP contribution in [0.25, 0.3) is 0 Å². The van der Waals surface area contributed by atoms with E-state index in [0.29, 0.717) is 6.42 Å². The van der Waals surface area contributed by atoms with Crippen LogP contribution < -0.4 is 4.74 Å². The molecule has 1 aliphatic heterocycles. The van der Waals surface area contributed by atoms with Crippen molar-refractivity contribution in [2.45, 2.75) is 18.5 Å². The van der Waals surface area contributed by atoms with Gasteiger partial charge < -0.3 is 4.74 Å². The highest BCUT2D eigenvalue weighted by atomic mass is 16.5. The molecule has 0 saturated carbocycles. The van der Waals surface area contributed by atoms with Crippen molar-refractivity contribution in [1.82, 2.24) is 9.80 Å². The molecule has 1 saturated heterocycles. The van der Waals surface area contributed by atoms with Crippen molar-refractivity contribution in [3.05, 3.63) is 101 Å². The van der Waals surface area contributed by atoms with Crippen molar-refractivity contribution < 1.29 is 9.53 Å². The van der Waals surface area contributed by atoms with E-state index < -0.39 is 5.54 Å². The minimum absolute atomic E-state index is 0.198. The molecule has 5 rings (SSSR count). The lowest BCUT2D eigenvalue weighted by Crippen LogP contribution is -2.58. The van der Waals surface area contributed by atoms with E-state index in [4.69, 9.17) is 4.74 Å². The Morgan fingerprint density at radius 3 is 2.23 bits per heavy atom. The van der Waals surface area contributed by atoms with Gasteiger partial charge in [0.1, 0.15) is 11.3 Å². The molecule has 1 heterocycles. The van der Waals surface area contributed by atoms with Crippen LogP contribution in [-0.2, 0) is 18.5 Å². The molecule has 4 heteroatoms. The van der Waals surface area contributed by atoms with Crippen molar-refractivity contribution in [2.24, 2.45) is 0 Å². The van der Waals surface area contributed by atoms with Crippen molar-refractivity contribution in [3.63, 3.8) is 0 Å². The van der Waals surface area contributed by atoms with Crippen molar-refractivity contribution in [3.8, 4) is 5.75 Å². The van der Waals surface area contributed by atoms with Crippen LogP contribution in [0, 0.1) is 0 Å². The highest BCUT2D eigenvalue weighted by Crippen LogP contribution is 2.43. The summed E-state index contributed by atoms with van der Waals surface area (Å²) in [6, 6.07) is 26.9. The number of hydrogen-bond acceptors (Lipinski definition) is 4. The average Bonchev–Trinajstić information content (AvgIpc) is 3.13. The molecular weight excluding hydrogens is 384 g/mol. The number of Topliss-reactive ketones (excluding diaryl/α,β-unsaturated/α-hetero) is 1. The molecule has 4 nitrogen and oxygen atoms in total. The predicted octanol–water partition coefficient (Wildman–Crippen LogP) is 4.15. The first-order valence-electron chi connectivity index (χ1n) is 11.0. The molecule has 1 fully saturated rings. The van der Waals surface area contributed by atoms with Gasteiger partial charge in [0.25, 0.3) is 0 Å². The van der Waals surface area contributed by atoms with Crippen LogP contribution in [0.3, 0.4) is 0 Å². The molecule has 3 aromatic carbocycles. The molecule has 0 bridgehead atoms. The molecule has 1 aliphatic carbocycles. The van der Waals surface area contributed by atoms with Crippen LogP contribution in [0.1, 0.15) is 27.0 Å². The van der Waals surface area contributed by atoms with Gasteiger partial charge in [0, 0.05) is 44.7 Å². The van der Waals surface area contributed by atoms with Gasteiger partial charge in [0.05, 0.1) is 7.11 Å². The maximum absolute atomic E-state index is 13.9. The third-order valence-corrected chi connectivity index (χ3v) is 6.80. The summed E-state index contributed by atoms with van der Waals surface area (Å²) in [7, 11) is 1.65. The minimum Gasteiger partial charge on any atom is -0.497 e. The third kappa shape index (κ3) is 3.56. The smallest absolute Gasteiger partial charge is 0.188 e. The van der Waals surface area contributed by atoms with Crippen LogP contribution in [0.5, 0.6) is 5.75 Å². The van der Waals surface area contributed by atoms with Crippen molar-refractivity contribution in [2.75, 3.05) is 33.3 Å². The molecule has 0 radical (unpaired) electrons. The van der Waals surface area contributed by atoms with Crippen LogP contribution in [0.4, 0.5) is 0 Å². The quantitative estimate of drug-likeness (QED) is 0.630. The Morgan fingerprint density at radius 2 is 1.55 bits per heavy atom. The first kappa shape index (κ1) is 20.0. The number of methoxy groups -OCH3 is 1. The molecule has 0 spiro atoms. The first-order valence-corrected chi connectivity index (χ1v) is 11.0. The van der Waals surface area contributed by atoms with E-state index in [1.165, 1.54) is 5.56 Å². The molecule has 3 aromatic rings. The SMILES string of the molecule is COc1ccc2c(c1)C(=O)C(c1ccccc1)(N1CCN(Cc3ccccc3)CC1)C2. The maximum atomic E-state index is 13.9. The summed E-state index contributed by atoms with van der Waals surface area (Å²) in [6.07, 6.45) is 0.716. The maximum Gasteiger partial charge on any atom is 0.188 e. The van der Waals surface area contributed by atoms with Gasteiger partial charge in [-0.1, -0.05) is 66.7 Å². The van der Waals surface area contributed by atoms with Gasteiger partial charge in [-0.15, -0.1) is 0 Å². The molecule has 0 aromatic heterocycles. The molecule has 1 atom stereocenters.